The number of rotatable bonds is 5. The minimum atomic E-state index is 0.117. The van der Waals surface area contributed by atoms with E-state index >= 15 is 0 Å². The number of ether oxygens (including phenoxy) is 1. The van der Waals surface area contributed by atoms with Gasteiger partial charge >= 0.3 is 0 Å². The molecule has 0 aromatic carbocycles. The molecule has 0 amide bonds. The van der Waals surface area contributed by atoms with E-state index in [1.807, 2.05) is 0 Å². The third-order valence-electron chi connectivity index (χ3n) is 5.81. The lowest BCUT2D eigenvalue weighted by molar-refractivity contribution is -0.122. The summed E-state index contributed by atoms with van der Waals surface area (Å²) in [5.74, 6) is 1.70. The van der Waals surface area contributed by atoms with Gasteiger partial charge in [0.2, 0.25) is 0 Å². The van der Waals surface area contributed by atoms with Crippen molar-refractivity contribution in [2.24, 2.45) is 11.8 Å². The highest BCUT2D eigenvalue weighted by molar-refractivity contribution is 4.89. The van der Waals surface area contributed by atoms with Gasteiger partial charge < -0.3 is 10.1 Å². The molecule has 3 atom stereocenters. The first kappa shape index (κ1) is 17.3. The quantitative estimate of drug-likeness (QED) is 0.727. The van der Waals surface area contributed by atoms with Crippen LogP contribution in [0.1, 0.15) is 85.5 Å². The molecule has 21 heavy (non-hydrogen) atoms. The molecule has 3 unspecified atom stereocenters. The minimum Gasteiger partial charge on any atom is -0.370 e. The minimum absolute atomic E-state index is 0.117. The zero-order chi connectivity index (χ0) is 15.3. The molecule has 1 N–H and O–H groups in total. The van der Waals surface area contributed by atoms with E-state index in [1.54, 1.807) is 0 Å². The van der Waals surface area contributed by atoms with Gasteiger partial charge in [-0.1, -0.05) is 53.4 Å². The first-order valence-corrected chi connectivity index (χ1v) is 9.42. The average molecular weight is 296 g/mol. The van der Waals surface area contributed by atoms with Crippen molar-refractivity contribution < 1.29 is 4.74 Å². The maximum atomic E-state index is 6.81. The summed E-state index contributed by atoms with van der Waals surface area (Å²) in [4.78, 5) is 0. The summed E-state index contributed by atoms with van der Waals surface area (Å²) in [6.45, 7) is 10.4. The van der Waals surface area contributed by atoms with Crippen molar-refractivity contribution in [1.29, 1.82) is 0 Å². The molecule has 0 radical (unpaired) electrons. The molecule has 0 spiro atoms. The van der Waals surface area contributed by atoms with E-state index in [2.05, 4.69) is 33.0 Å². The molecule has 0 heterocycles. The van der Waals surface area contributed by atoms with Crippen molar-refractivity contribution in [1.82, 2.24) is 5.32 Å². The smallest absolute Gasteiger partial charge is 0.0810 e. The SMILES string of the molecule is CC(C)NCC1(OC2CCC(C)C(C)C2)CCCCCC1. The van der Waals surface area contributed by atoms with Crippen LogP contribution in [0.2, 0.25) is 0 Å². The Balaban J connectivity index is 1.97. The Labute approximate surface area is 132 Å². The number of nitrogens with one attached hydrogen (secondary N) is 1. The summed E-state index contributed by atoms with van der Waals surface area (Å²) < 4.78 is 6.81. The largest absolute Gasteiger partial charge is 0.370 e. The predicted molar refractivity (Wildman–Crippen MR) is 90.6 cm³/mol. The number of hydrogen-bond acceptors (Lipinski definition) is 2. The van der Waals surface area contributed by atoms with Gasteiger partial charge in [-0.05, 0) is 43.9 Å². The highest BCUT2D eigenvalue weighted by Crippen LogP contribution is 2.37. The van der Waals surface area contributed by atoms with E-state index in [4.69, 9.17) is 4.74 Å². The van der Waals surface area contributed by atoms with Gasteiger partial charge in [-0.2, -0.15) is 0 Å². The maximum Gasteiger partial charge on any atom is 0.0810 e. The zero-order valence-corrected chi connectivity index (χ0v) is 14.8. The van der Waals surface area contributed by atoms with Gasteiger partial charge in [0.05, 0.1) is 11.7 Å². The van der Waals surface area contributed by atoms with Gasteiger partial charge in [0.15, 0.2) is 0 Å². The molecular formula is C19H37NO. The highest BCUT2D eigenvalue weighted by atomic mass is 16.5. The standard InChI is InChI=1S/C19H37NO/c1-15(2)20-14-19(11-7-5-6-8-12-19)21-18-10-9-16(3)17(4)13-18/h15-18,20H,5-14H2,1-4H3. The fourth-order valence-corrected chi connectivity index (χ4v) is 4.06. The molecule has 2 nitrogen and oxygen atoms in total. The van der Waals surface area contributed by atoms with E-state index in [9.17, 15) is 0 Å². The Hall–Kier alpha value is -0.0800. The van der Waals surface area contributed by atoms with Crippen molar-refractivity contribution in [3.05, 3.63) is 0 Å². The molecule has 2 aliphatic rings. The monoisotopic (exact) mass is 295 g/mol. The first-order valence-electron chi connectivity index (χ1n) is 9.42. The normalized spacial score (nSPS) is 33.9. The third kappa shape index (κ3) is 5.25. The lowest BCUT2D eigenvalue weighted by Gasteiger charge is -2.41. The van der Waals surface area contributed by atoms with E-state index in [-0.39, 0.29) is 5.60 Å². The van der Waals surface area contributed by atoms with E-state index < -0.39 is 0 Å². The summed E-state index contributed by atoms with van der Waals surface area (Å²) in [5, 5.41) is 3.67. The highest BCUT2D eigenvalue weighted by Gasteiger charge is 2.36. The van der Waals surface area contributed by atoms with Gasteiger partial charge in [0.25, 0.3) is 0 Å². The third-order valence-corrected chi connectivity index (χ3v) is 5.81. The summed E-state index contributed by atoms with van der Waals surface area (Å²) >= 11 is 0. The summed E-state index contributed by atoms with van der Waals surface area (Å²) in [6, 6.07) is 0.555. The molecule has 2 rings (SSSR count). The maximum absolute atomic E-state index is 6.81. The Morgan fingerprint density at radius 2 is 1.67 bits per heavy atom. The molecule has 0 bridgehead atoms. The van der Waals surface area contributed by atoms with Gasteiger partial charge in [-0.15, -0.1) is 0 Å². The molecular weight excluding hydrogens is 258 g/mol. The van der Waals surface area contributed by atoms with Crippen molar-refractivity contribution in [3.8, 4) is 0 Å². The Bertz CT molecular complexity index is 294. The fourth-order valence-electron chi connectivity index (χ4n) is 4.06. The molecule has 0 saturated heterocycles. The molecule has 0 aromatic rings. The van der Waals surface area contributed by atoms with Crippen LogP contribution in [0.25, 0.3) is 0 Å². The predicted octanol–water partition coefficient (Wildman–Crippen LogP) is 4.92. The van der Waals surface area contributed by atoms with E-state index in [1.165, 1.54) is 57.8 Å². The number of hydrogen-bond donors (Lipinski definition) is 1. The molecule has 0 aliphatic heterocycles. The van der Waals surface area contributed by atoms with Crippen LogP contribution in [0.15, 0.2) is 0 Å². The Kier molecular flexibility index (Phi) is 6.55. The van der Waals surface area contributed by atoms with Crippen LogP contribution >= 0.6 is 0 Å². The van der Waals surface area contributed by atoms with Gasteiger partial charge in [0.1, 0.15) is 0 Å². The molecule has 2 aliphatic carbocycles. The fraction of sp³-hybridized carbons (Fsp3) is 1.00. The van der Waals surface area contributed by atoms with Gasteiger partial charge in [-0.25, -0.2) is 0 Å². The van der Waals surface area contributed by atoms with Crippen molar-refractivity contribution in [2.75, 3.05) is 6.54 Å². The average Bonchev–Trinajstić information content (AvgIpc) is 2.67. The molecule has 2 heteroatoms. The van der Waals surface area contributed by atoms with Crippen LogP contribution in [0.4, 0.5) is 0 Å². The second-order valence-electron chi connectivity index (χ2n) is 8.14. The van der Waals surface area contributed by atoms with Crippen LogP contribution in [0, 0.1) is 11.8 Å². The first-order chi connectivity index (χ1) is 10.0. The second-order valence-corrected chi connectivity index (χ2v) is 8.14. The van der Waals surface area contributed by atoms with Gasteiger partial charge in [0, 0.05) is 12.6 Å². The van der Waals surface area contributed by atoms with Crippen LogP contribution in [0.3, 0.4) is 0 Å². The van der Waals surface area contributed by atoms with Crippen LogP contribution in [-0.2, 0) is 4.74 Å². The second kappa shape index (κ2) is 7.97. The summed E-state index contributed by atoms with van der Waals surface area (Å²) in [6.07, 6.45) is 12.4. The van der Waals surface area contributed by atoms with Gasteiger partial charge in [-0.3, -0.25) is 0 Å². The molecule has 0 aromatic heterocycles. The Morgan fingerprint density at radius 3 is 2.24 bits per heavy atom. The van der Waals surface area contributed by atoms with Crippen molar-refractivity contribution >= 4 is 0 Å². The van der Waals surface area contributed by atoms with E-state index in [0.717, 1.165) is 18.4 Å². The topological polar surface area (TPSA) is 21.3 Å². The lowest BCUT2D eigenvalue weighted by Crippen LogP contribution is -2.48. The molecule has 2 saturated carbocycles. The molecule has 124 valence electrons. The van der Waals surface area contributed by atoms with Crippen LogP contribution in [-0.4, -0.2) is 24.3 Å². The lowest BCUT2D eigenvalue weighted by atomic mass is 9.79. The summed E-state index contributed by atoms with van der Waals surface area (Å²) in [7, 11) is 0. The summed E-state index contributed by atoms with van der Waals surface area (Å²) in [5.41, 5.74) is 0.117. The molecule has 2 fully saturated rings. The van der Waals surface area contributed by atoms with Crippen molar-refractivity contribution in [3.63, 3.8) is 0 Å². The van der Waals surface area contributed by atoms with E-state index in [0.29, 0.717) is 12.1 Å². The Morgan fingerprint density at radius 1 is 1.00 bits per heavy atom. The van der Waals surface area contributed by atoms with Crippen molar-refractivity contribution in [2.45, 2.75) is 103 Å². The zero-order valence-electron chi connectivity index (χ0n) is 14.8. The van der Waals surface area contributed by atoms with Crippen LogP contribution in [0.5, 0.6) is 0 Å². The van der Waals surface area contributed by atoms with Crippen LogP contribution < -0.4 is 5.32 Å².